The molecule has 0 saturated carbocycles. The van der Waals surface area contributed by atoms with Crippen LogP contribution in [0.4, 0.5) is 5.69 Å². The summed E-state index contributed by atoms with van der Waals surface area (Å²) in [7, 11) is 0. The van der Waals surface area contributed by atoms with Gasteiger partial charge >= 0.3 is 5.97 Å². The molecule has 0 atom stereocenters. The van der Waals surface area contributed by atoms with Crippen molar-refractivity contribution in [1.29, 1.82) is 0 Å². The maximum atomic E-state index is 11.1. The summed E-state index contributed by atoms with van der Waals surface area (Å²) in [6, 6.07) is 5.50. The average Bonchev–Trinajstić information content (AvgIpc) is 2.43. The second-order valence-electron chi connectivity index (χ2n) is 5.26. The zero-order valence-corrected chi connectivity index (χ0v) is 12.5. The smallest absolute Gasteiger partial charge is 0.337 e. The lowest BCUT2D eigenvalue weighted by atomic mass is 10.0. The molecule has 0 amide bonds. The first-order chi connectivity index (χ1) is 9.60. The quantitative estimate of drug-likeness (QED) is 0.875. The molecule has 0 spiro atoms. The molecule has 1 aliphatic rings. The molecule has 1 aromatic rings. The molecule has 1 aliphatic heterocycles. The molecule has 1 heterocycles. The highest BCUT2D eigenvalue weighted by Gasteiger charge is 2.19. The second-order valence-corrected chi connectivity index (χ2v) is 5.67. The maximum absolute atomic E-state index is 11.1. The van der Waals surface area contributed by atoms with Crippen LogP contribution in [0.1, 0.15) is 36.5 Å². The van der Waals surface area contributed by atoms with E-state index < -0.39 is 5.97 Å². The van der Waals surface area contributed by atoms with Crippen LogP contribution in [-0.4, -0.2) is 41.7 Å². The van der Waals surface area contributed by atoms with E-state index in [-0.39, 0.29) is 10.6 Å². The van der Waals surface area contributed by atoms with Crippen LogP contribution in [0, 0.1) is 0 Å². The van der Waals surface area contributed by atoms with E-state index in [1.165, 1.54) is 6.42 Å². The highest BCUT2D eigenvalue weighted by molar-refractivity contribution is 6.33. The molecular weight excluding hydrogens is 276 g/mol. The number of hydrogen-bond donors (Lipinski definition) is 2. The van der Waals surface area contributed by atoms with Gasteiger partial charge in [-0.3, -0.25) is 0 Å². The molecule has 1 aromatic carbocycles. The molecule has 2 rings (SSSR count). The van der Waals surface area contributed by atoms with Gasteiger partial charge in [-0.2, -0.15) is 0 Å². The number of halogens is 1. The van der Waals surface area contributed by atoms with Crippen molar-refractivity contribution in [1.82, 2.24) is 4.90 Å². The lowest BCUT2D eigenvalue weighted by Gasteiger charge is -2.32. The fourth-order valence-electron chi connectivity index (χ4n) is 2.63. The molecule has 1 saturated heterocycles. The Morgan fingerprint density at radius 3 is 2.75 bits per heavy atom. The van der Waals surface area contributed by atoms with Gasteiger partial charge in [0.15, 0.2) is 0 Å². The van der Waals surface area contributed by atoms with Crippen LogP contribution in [0.3, 0.4) is 0 Å². The molecule has 2 N–H and O–H groups in total. The first-order valence-corrected chi connectivity index (χ1v) is 7.49. The molecular formula is C15H21ClN2O2. The van der Waals surface area contributed by atoms with Gasteiger partial charge in [0.2, 0.25) is 0 Å². The van der Waals surface area contributed by atoms with Crippen LogP contribution in [0.5, 0.6) is 0 Å². The van der Waals surface area contributed by atoms with E-state index in [2.05, 4.69) is 17.1 Å². The lowest BCUT2D eigenvalue weighted by molar-refractivity contribution is 0.0697. The van der Waals surface area contributed by atoms with Gasteiger partial charge in [0.05, 0.1) is 10.6 Å². The van der Waals surface area contributed by atoms with Gasteiger partial charge in [-0.15, -0.1) is 0 Å². The number of nitrogens with one attached hydrogen (secondary N) is 1. The molecule has 0 aliphatic carbocycles. The van der Waals surface area contributed by atoms with Crippen molar-refractivity contribution < 1.29 is 9.90 Å². The van der Waals surface area contributed by atoms with Gasteiger partial charge in [-0.1, -0.05) is 18.5 Å². The summed E-state index contributed by atoms with van der Waals surface area (Å²) < 4.78 is 0. The zero-order chi connectivity index (χ0) is 14.5. The first kappa shape index (κ1) is 15.1. The van der Waals surface area contributed by atoms with E-state index in [1.54, 1.807) is 12.1 Å². The minimum atomic E-state index is -0.989. The molecule has 0 unspecified atom stereocenters. The van der Waals surface area contributed by atoms with Crippen molar-refractivity contribution in [3.8, 4) is 0 Å². The molecule has 4 nitrogen and oxygen atoms in total. The molecule has 5 heteroatoms. The van der Waals surface area contributed by atoms with Gasteiger partial charge in [0.1, 0.15) is 0 Å². The van der Waals surface area contributed by atoms with E-state index in [9.17, 15) is 4.79 Å². The van der Waals surface area contributed by atoms with E-state index >= 15 is 0 Å². The van der Waals surface area contributed by atoms with Gasteiger partial charge in [-0.05, 0) is 44.0 Å². The van der Waals surface area contributed by atoms with Gasteiger partial charge in [-0.25, -0.2) is 4.79 Å². The number of carbonyl (C=O) groups is 1. The van der Waals surface area contributed by atoms with Gasteiger partial charge in [0.25, 0.3) is 0 Å². The highest BCUT2D eigenvalue weighted by atomic mass is 35.5. The number of carboxylic acids is 1. The zero-order valence-electron chi connectivity index (χ0n) is 11.7. The Kier molecular flexibility index (Phi) is 5.26. The van der Waals surface area contributed by atoms with Crippen molar-refractivity contribution in [2.75, 3.05) is 25.0 Å². The van der Waals surface area contributed by atoms with Crippen molar-refractivity contribution in [2.24, 2.45) is 0 Å². The molecule has 0 radical (unpaired) electrons. The highest BCUT2D eigenvalue weighted by Crippen LogP contribution is 2.23. The number of anilines is 1. The van der Waals surface area contributed by atoms with Crippen LogP contribution in [0.15, 0.2) is 18.2 Å². The Morgan fingerprint density at radius 1 is 1.45 bits per heavy atom. The minimum Gasteiger partial charge on any atom is -0.478 e. The predicted octanol–water partition coefficient (Wildman–Crippen LogP) is 3.32. The third-order valence-corrected chi connectivity index (χ3v) is 4.02. The third-order valence-electron chi connectivity index (χ3n) is 3.69. The minimum absolute atomic E-state index is 0.153. The Morgan fingerprint density at radius 2 is 2.15 bits per heavy atom. The maximum Gasteiger partial charge on any atom is 0.337 e. The first-order valence-electron chi connectivity index (χ1n) is 7.12. The molecule has 110 valence electrons. The Bertz CT molecular complexity index is 471. The van der Waals surface area contributed by atoms with Crippen molar-refractivity contribution >= 4 is 23.3 Å². The van der Waals surface area contributed by atoms with Crippen molar-refractivity contribution in [3.63, 3.8) is 0 Å². The van der Waals surface area contributed by atoms with Gasteiger partial charge < -0.3 is 15.3 Å². The van der Waals surface area contributed by atoms with Crippen LogP contribution < -0.4 is 5.32 Å². The Balaban J connectivity index is 1.94. The fourth-order valence-corrected chi connectivity index (χ4v) is 2.83. The van der Waals surface area contributed by atoms with Crippen LogP contribution in [0.2, 0.25) is 5.02 Å². The molecule has 0 bridgehead atoms. The summed E-state index contributed by atoms with van der Waals surface area (Å²) in [6.07, 6.45) is 3.37. The fraction of sp³-hybridized carbons (Fsp3) is 0.533. The average molecular weight is 297 g/mol. The van der Waals surface area contributed by atoms with E-state index in [1.807, 2.05) is 6.07 Å². The molecule has 0 aromatic heterocycles. The number of aromatic carboxylic acids is 1. The van der Waals surface area contributed by atoms with Gasteiger partial charge in [0, 0.05) is 24.8 Å². The van der Waals surface area contributed by atoms with E-state index in [4.69, 9.17) is 16.7 Å². The Labute approximate surface area is 124 Å². The molecule has 1 fully saturated rings. The Hall–Kier alpha value is -1.26. The number of likely N-dealkylation sites (tertiary alicyclic amines) is 1. The lowest BCUT2D eigenvalue weighted by Crippen LogP contribution is -2.39. The molecule has 20 heavy (non-hydrogen) atoms. The number of rotatable bonds is 5. The number of hydrogen-bond acceptors (Lipinski definition) is 3. The normalized spacial score (nSPS) is 17.1. The van der Waals surface area contributed by atoms with E-state index in [0.717, 1.165) is 38.2 Å². The summed E-state index contributed by atoms with van der Waals surface area (Å²) in [5.41, 5.74) is 0.987. The summed E-state index contributed by atoms with van der Waals surface area (Å²) in [5.74, 6) is -0.989. The number of piperidine rings is 1. The van der Waals surface area contributed by atoms with Crippen LogP contribution in [-0.2, 0) is 0 Å². The summed E-state index contributed by atoms with van der Waals surface area (Å²) in [5, 5.41) is 12.8. The number of nitrogens with zero attached hydrogens (tertiary/aromatic N) is 1. The standard InChI is InChI=1S/C15H21ClN2O2/c1-2-7-18-8-5-11(6-9-18)17-12-3-4-14(16)13(10-12)15(19)20/h3-4,10-11,17H,2,5-9H2,1H3,(H,19,20). The topological polar surface area (TPSA) is 52.6 Å². The summed E-state index contributed by atoms with van der Waals surface area (Å²) in [4.78, 5) is 13.5. The van der Waals surface area contributed by atoms with Crippen LogP contribution >= 0.6 is 11.6 Å². The third kappa shape index (κ3) is 3.87. The van der Waals surface area contributed by atoms with Crippen molar-refractivity contribution in [3.05, 3.63) is 28.8 Å². The van der Waals surface area contributed by atoms with E-state index in [0.29, 0.717) is 6.04 Å². The summed E-state index contributed by atoms with van der Waals surface area (Å²) in [6.45, 7) is 5.57. The number of benzene rings is 1. The monoisotopic (exact) mass is 296 g/mol. The van der Waals surface area contributed by atoms with Crippen molar-refractivity contribution in [2.45, 2.75) is 32.2 Å². The summed E-state index contributed by atoms with van der Waals surface area (Å²) >= 11 is 5.87. The SMILES string of the molecule is CCCN1CCC(Nc2ccc(Cl)c(C(=O)O)c2)CC1. The largest absolute Gasteiger partial charge is 0.478 e. The second kappa shape index (κ2) is 6.95. The predicted molar refractivity (Wildman–Crippen MR) is 81.8 cm³/mol. The van der Waals surface area contributed by atoms with Crippen LogP contribution in [0.25, 0.3) is 0 Å². The number of carboxylic acid groups (broad SMARTS) is 1.